The Hall–Kier alpha value is -2.01. The van der Waals surface area contributed by atoms with Crippen LogP contribution in [0.1, 0.15) is 23.7 Å². The summed E-state index contributed by atoms with van der Waals surface area (Å²) in [7, 11) is 0. The third-order valence-corrected chi connectivity index (χ3v) is 4.21. The highest BCUT2D eigenvalue weighted by molar-refractivity contribution is 7.99. The number of carbonyl (C=O) groups excluding carboxylic acids is 1. The van der Waals surface area contributed by atoms with Crippen LogP contribution in [-0.2, 0) is 0 Å². The first-order valence-corrected chi connectivity index (χ1v) is 8.57. The highest BCUT2D eigenvalue weighted by Crippen LogP contribution is 2.18. The van der Waals surface area contributed by atoms with Crippen LogP contribution in [0.5, 0.6) is 5.75 Å². The van der Waals surface area contributed by atoms with Crippen molar-refractivity contribution < 1.29 is 13.9 Å². The number of amides is 1. The fourth-order valence-electron chi connectivity index (χ4n) is 1.97. The molecule has 0 atom stereocenters. The van der Waals surface area contributed by atoms with Gasteiger partial charge in [0.1, 0.15) is 11.6 Å². The molecule has 0 saturated heterocycles. The normalized spacial score (nSPS) is 10.3. The number of ether oxygens (including phenoxy) is 1. The van der Waals surface area contributed by atoms with Gasteiger partial charge in [0.05, 0.1) is 6.61 Å². The second-order valence-corrected chi connectivity index (χ2v) is 6.04. The van der Waals surface area contributed by atoms with Gasteiger partial charge in [-0.15, -0.1) is 11.8 Å². The van der Waals surface area contributed by atoms with E-state index < -0.39 is 0 Å². The second-order valence-electron chi connectivity index (χ2n) is 4.87. The molecule has 0 aliphatic carbocycles. The first-order valence-electron chi connectivity index (χ1n) is 7.58. The van der Waals surface area contributed by atoms with Crippen LogP contribution in [0.4, 0.5) is 4.39 Å². The van der Waals surface area contributed by atoms with Crippen molar-refractivity contribution in [1.82, 2.24) is 5.32 Å². The van der Waals surface area contributed by atoms with Crippen molar-refractivity contribution in [2.24, 2.45) is 0 Å². The quantitative estimate of drug-likeness (QED) is 0.583. The highest BCUT2D eigenvalue weighted by atomic mass is 32.2. The maximum atomic E-state index is 12.8. The van der Waals surface area contributed by atoms with Crippen LogP contribution in [0.25, 0.3) is 0 Å². The summed E-state index contributed by atoms with van der Waals surface area (Å²) in [5.74, 6) is 1.33. The van der Waals surface area contributed by atoms with Gasteiger partial charge in [-0.1, -0.05) is 0 Å². The van der Waals surface area contributed by atoms with Gasteiger partial charge in [0.2, 0.25) is 0 Å². The first kappa shape index (κ1) is 17.3. The maximum Gasteiger partial charge on any atom is 0.251 e. The number of benzene rings is 2. The zero-order valence-corrected chi connectivity index (χ0v) is 13.9. The average Bonchev–Trinajstić information content (AvgIpc) is 2.57. The predicted molar refractivity (Wildman–Crippen MR) is 91.7 cm³/mol. The summed E-state index contributed by atoms with van der Waals surface area (Å²) in [5.41, 5.74) is 0.625. The van der Waals surface area contributed by atoms with Crippen LogP contribution >= 0.6 is 11.8 Å². The van der Waals surface area contributed by atoms with E-state index in [0.29, 0.717) is 18.7 Å². The van der Waals surface area contributed by atoms with Gasteiger partial charge in [0.25, 0.3) is 5.91 Å². The molecule has 0 fully saturated rings. The number of nitrogens with one attached hydrogen (secondary N) is 1. The SMILES string of the molecule is CCOc1ccc(C(=O)NCCCSc2ccc(F)cc2)cc1. The Morgan fingerprint density at radius 3 is 2.48 bits per heavy atom. The lowest BCUT2D eigenvalue weighted by Gasteiger charge is -2.07. The third kappa shape index (κ3) is 5.94. The van der Waals surface area contributed by atoms with Crippen LogP contribution in [0, 0.1) is 5.82 Å². The lowest BCUT2D eigenvalue weighted by Crippen LogP contribution is -2.24. The second kappa shape index (κ2) is 9.20. The number of hydrogen-bond acceptors (Lipinski definition) is 3. The smallest absolute Gasteiger partial charge is 0.251 e. The molecule has 0 radical (unpaired) electrons. The van der Waals surface area contributed by atoms with Crippen LogP contribution in [0.3, 0.4) is 0 Å². The monoisotopic (exact) mass is 333 g/mol. The van der Waals surface area contributed by atoms with Gasteiger partial charge >= 0.3 is 0 Å². The Bertz CT molecular complexity index is 614. The molecule has 1 N–H and O–H groups in total. The molecule has 0 unspecified atom stereocenters. The summed E-state index contributed by atoms with van der Waals surface area (Å²) in [6.45, 7) is 3.14. The maximum absolute atomic E-state index is 12.8. The Labute approximate surface area is 140 Å². The molecule has 5 heteroatoms. The molecule has 23 heavy (non-hydrogen) atoms. The van der Waals surface area contributed by atoms with E-state index in [1.54, 1.807) is 48.2 Å². The molecule has 2 aromatic rings. The largest absolute Gasteiger partial charge is 0.494 e. The molecular formula is C18H20FNO2S. The van der Waals surface area contributed by atoms with E-state index in [9.17, 15) is 9.18 Å². The number of carbonyl (C=O) groups is 1. The Morgan fingerprint density at radius 1 is 1.13 bits per heavy atom. The summed E-state index contributed by atoms with van der Waals surface area (Å²) in [5, 5.41) is 2.89. The molecule has 0 spiro atoms. The average molecular weight is 333 g/mol. The fraction of sp³-hybridized carbons (Fsp3) is 0.278. The Balaban J connectivity index is 1.67. The number of halogens is 1. The van der Waals surface area contributed by atoms with Gasteiger partial charge in [-0.3, -0.25) is 4.79 Å². The summed E-state index contributed by atoms with van der Waals surface area (Å²) >= 11 is 1.65. The summed E-state index contributed by atoms with van der Waals surface area (Å²) in [6, 6.07) is 13.5. The predicted octanol–water partition coefficient (Wildman–Crippen LogP) is 4.14. The van der Waals surface area contributed by atoms with Crippen molar-refractivity contribution in [3.63, 3.8) is 0 Å². The third-order valence-electron chi connectivity index (χ3n) is 3.12. The molecule has 0 saturated carbocycles. The van der Waals surface area contributed by atoms with Crippen LogP contribution in [0.2, 0.25) is 0 Å². The lowest BCUT2D eigenvalue weighted by molar-refractivity contribution is 0.0954. The van der Waals surface area contributed by atoms with E-state index in [4.69, 9.17) is 4.74 Å². The highest BCUT2D eigenvalue weighted by Gasteiger charge is 2.05. The van der Waals surface area contributed by atoms with Crippen molar-refractivity contribution >= 4 is 17.7 Å². The summed E-state index contributed by atoms with van der Waals surface area (Å²) in [4.78, 5) is 13.0. The molecule has 0 bridgehead atoms. The van der Waals surface area contributed by atoms with Gasteiger partial charge in [-0.25, -0.2) is 4.39 Å². The molecule has 2 aromatic carbocycles. The molecule has 1 amide bonds. The topological polar surface area (TPSA) is 38.3 Å². The number of thioether (sulfide) groups is 1. The molecule has 3 nitrogen and oxygen atoms in total. The molecule has 122 valence electrons. The molecule has 0 aromatic heterocycles. The Morgan fingerprint density at radius 2 is 1.83 bits per heavy atom. The van der Waals surface area contributed by atoms with Gasteiger partial charge in [0, 0.05) is 17.0 Å². The minimum atomic E-state index is -0.225. The van der Waals surface area contributed by atoms with Crippen molar-refractivity contribution in [1.29, 1.82) is 0 Å². The molecule has 0 heterocycles. The van der Waals surface area contributed by atoms with Gasteiger partial charge in [-0.2, -0.15) is 0 Å². The van der Waals surface area contributed by atoms with Crippen molar-refractivity contribution in [3.8, 4) is 5.75 Å². The van der Waals surface area contributed by atoms with E-state index in [2.05, 4.69) is 5.32 Å². The van der Waals surface area contributed by atoms with Gasteiger partial charge in [0.15, 0.2) is 0 Å². The van der Waals surface area contributed by atoms with E-state index in [1.165, 1.54) is 12.1 Å². The molecule has 2 rings (SSSR count). The first-order chi connectivity index (χ1) is 11.2. The minimum absolute atomic E-state index is 0.0835. The number of hydrogen-bond donors (Lipinski definition) is 1. The lowest BCUT2D eigenvalue weighted by atomic mass is 10.2. The zero-order chi connectivity index (χ0) is 16.5. The standard InChI is InChI=1S/C18H20FNO2S/c1-2-22-16-8-4-14(5-9-16)18(21)20-12-3-13-23-17-10-6-15(19)7-11-17/h4-11H,2-3,12-13H2,1H3,(H,20,21). The van der Waals surface area contributed by atoms with Crippen LogP contribution < -0.4 is 10.1 Å². The van der Waals surface area contributed by atoms with Gasteiger partial charge in [-0.05, 0) is 67.6 Å². The Kier molecular flexibility index (Phi) is 6.94. The van der Waals surface area contributed by atoms with Crippen LogP contribution in [-0.4, -0.2) is 24.8 Å². The van der Waals surface area contributed by atoms with Crippen LogP contribution in [0.15, 0.2) is 53.4 Å². The van der Waals surface area contributed by atoms with E-state index >= 15 is 0 Å². The molecular weight excluding hydrogens is 313 g/mol. The molecule has 0 aliphatic rings. The minimum Gasteiger partial charge on any atom is -0.494 e. The van der Waals surface area contributed by atoms with Gasteiger partial charge < -0.3 is 10.1 Å². The van der Waals surface area contributed by atoms with E-state index in [-0.39, 0.29) is 11.7 Å². The zero-order valence-electron chi connectivity index (χ0n) is 13.0. The molecule has 0 aliphatic heterocycles. The summed E-state index contributed by atoms with van der Waals surface area (Å²) < 4.78 is 18.1. The van der Waals surface area contributed by atoms with Crippen molar-refractivity contribution in [3.05, 3.63) is 59.9 Å². The number of rotatable bonds is 8. The van der Waals surface area contributed by atoms with Crippen molar-refractivity contribution in [2.75, 3.05) is 18.9 Å². The van der Waals surface area contributed by atoms with E-state index in [0.717, 1.165) is 22.8 Å². The fourth-order valence-corrected chi connectivity index (χ4v) is 2.82. The van der Waals surface area contributed by atoms with E-state index in [1.807, 2.05) is 6.92 Å². The summed E-state index contributed by atoms with van der Waals surface area (Å²) in [6.07, 6.45) is 0.852. The van der Waals surface area contributed by atoms with Crippen molar-refractivity contribution in [2.45, 2.75) is 18.2 Å².